The molecule has 114 valence electrons. The Labute approximate surface area is 121 Å². The van der Waals surface area contributed by atoms with Crippen molar-refractivity contribution in [3.63, 3.8) is 0 Å². The quantitative estimate of drug-likeness (QED) is 0.368. The van der Waals surface area contributed by atoms with E-state index in [0.717, 1.165) is 25.7 Å². The van der Waals surface area contributed by atoms with Gasteiger partial charge in [-0.1, -0.05) is 39.8 Å². The van der Waals surface area contributed by atoms with Crippen molar-refractivity contribution >= 4 is 11.9 Å². The highest BCUT2D eigenvalue weighted by atomic mass is 16.5. The Bertz CT molecular complexity index is 302. The van der Waals surface area contributed by atoms with E-state index in [9.17, 15) is 9.59 Å². The third-order valence-electron chi connectivity index (χ3n) is 2.96. The van der Waals surface area contributed by atoms with Crippen LogP contribution < -0.4 is 0 Å². The van der Waals surface area contributed by atoms with Crippen molar-refractivity contribution in [3.05, 3.63) is 24.3 Å². The zero-order valence-electron chi connectivity index (χ0n) is 12.9. The van der Waals surface area contributed by atoms with E-state index in [4.69, 9.17) is 9.47 Å². The van der Waals surface area contributed by atoms with Gasteiger partial charge in [-0.3, -0.25) is 0 Å². The summed E-state index contributed by atoms with van der Waals surface area (Å²) in [7, 11) is 0. The fourth-order valence-corrected chi connectivity index (χ4v) is 1.59. The lowest BCUT2D eigenvalue weighted by Crippen LogP contribution is -2.14. The van der Waals surface area contributed by atoms with Gasteiger partial charge in [0.05, 0.1) is 0 Å². The average molecular weight is 282 g/mol. The molecule has 0 N–H and O–H groups in total. The molecule has 0 amide bonds. The summed E-state index contributed by atoms with van der Waals surface area (Å²) in [6, 6.07) is 0. The fourth-order valence-electron chi connectivity index (χ4n) is 1.59. The molecule has 0 saturated heterocycles. The molecule has 0 heterocycles. The lowest BCUT2D eigenvalue weighted by molar-refractivity contribution is -0.144. The Hall–Kier alpha value is -1.58. The molecular weight excluding hydrogens is 256 g/mol. The van der Waals surface area contributed by atoms with Crippen molar-refractivity contribution in [1.29, 1.82) is 0 Å². The van der Waals surface area contributed by atoms with Crippen molar-refractivity contribution in [3.8, 4) is 0 Å². The van der Waals surface area contributed by atoms with Gasteiger partial charge in [0.15, 0.2) is 0 Å². The van der Waals surface area contributed by atoms with Gasteiger partial charge in [0, 0.05) is 12.2 Å². The molecule has 0 fully saturated rings. The molecule has 0 aliphatic carbocycles. The van der Waals surface area contributed by atoms with E-state index < -0.39 is 11.9 Å². The smallest absolute Gasteiger partial charge is 0.331 e. The van der Waals surface area contributed by atoms with Crippen LogP contribution in [0.3, 0.4) is 0 Å². The van der Waals surface area contributed by atoms with Crippen LogP contribution in [-0.2, 0) is 19.1 Å². The van der Waals surface area contributed by atoms with Crippen molar-refractivity contribution in [2.45, 2.75) is 65.6 Å². The first-order valence-corrected chi connectivity index (χ1v) is 7.33. The summed E-state index contributed by atoms with van der Waals surface area (Å²) in [6.45, 7) is 7.88. The van der Waals surface area contributed by atoms with Gasteiger partial charge in [-0.2, -0.15) is 0 Å². The van der Waals surface area contributed by atoms with E-state index in [2.05, 4.69) is 0 Å². The largest absolute Gasteiger partial charge is 0.459 e. The molecule has 0 aromatic rings. The van der Waals surface area contributed by atoms with Crippen LogP contribution in [0.15, 0.2) is 24.3 Å². The molecule has 20 heavy (non-hydrogen) atoms. The van der Waals surface area contributed by atoms with E-state index in [1.165, 1.54) is 24.3 Å². The molecule has 0 aromatic carbocycles. The molecule has 0 bridgehead atoms. The molecule has 0 rings (SSSR count). The van der Waals surface area contributed by atoms with Crippen molar-refractivity contribution in [2.24, 2.45) is 0 Å². The molecule has 0 saturated carbocycles. The maximum Gasteiger partial charge on any atom is 0.331 e. The zero-order valence-corrected chi connectivity index (χ0v) is 12.9. The summed E-state index contributed by atoms with van der Waals surface area (Å²) in [5, 5.41) is 0. The van der Waals surface area contributed by atoms with Gasteiger partial charge in [-0.15, -0.1) is 0 Å². The third kappa shape index (κ3) is 8.51. The Morgan fingerprint density at radius 1 is 0.750 bits per heavy atom. The Balaban J connectivity index is 4.12. The monoisotopic (exact) mass is 282 g/mol. The highest BCUT2D eigenvalue weighted by molar-refractivity contribution is 5.84. The minimum Gasteiger partial charge on any atom is -0.459 e. The van der Waals surface area contributed by atoms with Crippen LogP contribution in [0.25, 0.3) is 0 Å². The number of carbonyl (C=O) groups is 2. The molecule has 0 aromatic heterocycles. The Morgan fingerprint density at radius 3 is 1.30 bits per heavy atom. The third-order valence-corrected chi connectivity index (χ3v) is 2.96. The number of hydrogen-bond donors (Lipinski definition) is 0. The van der Waals surface area contributed by atoms with Crippen molar-refractivity contribution in [2.75, 3.05) is 0 Å². The lowest BCUT2D eigenvalue weighted by Gasteiger charge is -2.12. The van der Waals surface area contributed by atoms with E-state index in [1.807, 2.05) is 27.7 Å². The highest BCUT2D eigenvalue weighted by Crippen LogP contribution is 2.04. The van der Waals surface area contributed by atoms with E-state index >= 15 is 0 Å². The van der Waals surface area contributed by atoms with Crippen LogP contribution in [0, 0.1) is 0 Å². The van der Waals surface area contributed by atoms with Crippen LogP contribution in [0.1, 0.15) is 53.4 Å². The molecule has 0 aliphatic rings. The second kappa shape index (κ2) is 11.3. The van der Waals surface area contributed by atoms with E-state index in [0.29, 0.717) is 0 Å². The van der Waals surface area contributed by atoms with Gasteiger partial charge >= 0.3 is 11.9 Å². The van der Waals surface area contributed by atoms with Gasteiger partial charge in [0.25, 0.3) is 0 Å². The summed E-state index contributed by atoms with van der Waals surface area (Å²) < 4.78 is 10.4. The van der Waals surface area contributed by atoms with E-state index in [-0.39, 0.29) is 12.2 Å². The summed E-state index contributed by atoms with van der Waals surface area (Å²) in [5.74, 6) is -0.784. The molecular formula is C16H26O4. The molecule has 0 radical (unpaired) electrons. The van der Waals surface area contributed by atoms with Gasteiger partial charge in [-0.25, -0.2) is 9.59 Å². The minimum atomic E-state index is -0.392. The van der Waals surface area contributed by atoms with Crippen molar-refractivity contribution < 1.29 is 19.1 Å². The number of allylic oxidation sites excluding steroid dienone is 2. The first kappa shape index (κ1) is 18.4. The van der Waals surface area contributed by atoms with Crippen LogP contribution in [0.2, 0.25) is 0 Å². The number of carbonyl (C=O) groups excluding carboxylic acids is 2. The van der Waals surface area contributed by atoms with Crippen LogP contribution >= 0.6 is 0 Å². The normalized spacial score (nSPS) is 11.7. The van der Waals surface area contributed by atoms with Crippen LogP contribution in [-0.4, -0.2) is 24.1 Å². The van der Waals surface area contributed by atoms with Gasteiger partial charge in [0.2, 0.25) is 0 Å². The maximum absolute atomic E-state index is 11.4. The standard InChI is InChI=1S/C16H26O4/c1-5-13(6-2)19-15(17)11-9-10-12-16(18)20-14(7-3)8-4/h9-14H,5-8H2,1-4H3. The first-order valence-electron chi connectivity index (χ1n) is 7.33. The molecule has 0 aliphatic heterocycles. The lowest BCUT2D eigenvalue weighted by atomic mass is 10.2. The Morgan fingerprint density at radius 2 is 1.05 bits per heavy atom. The fraction of sp³-hybridized carbons (Fsp3) is 0.625. The molecule has 0 spiro atoms. The topological polar surface area (TPSA) is 52.6 Å². The van der Waals surface area contributed by atoms with Crippen LogP contribution in [0.4, 0.5) is 0 Å². The number of rotatable bonds is 9. The van der Waals surface area contributed by atoms with Crippen LogP contribution in [0.5, 0.6) is 0 Å². The predicted octanol–water partition coefficient (Wildman–Crippen LogP) is 3.56. The summed E-state index contributed by atoms with van der Waals surface area (Å²) in [4.78, 5) is 22.9. The maximum atomic E-state index is 11.4. The minimum absolute atomic E-state index is 0.0454. The molecule has 0 unspecified atom stereocenters. The average Bonchev–Trinajstić information content (AvgIpc) is 2.46. The van der Waals surface area contributed by atoms with Gasteiger partial charge in [0.1, 0.15) is 12.2 Å². The number of hydrogen-bond acceptors (Lipinski definition) is 4. The molecule has 0 atom stereocenters. The molecule has 4 nitrogen and oxygen atoms in total. The Kier molecular flexibility index (Phi) is 10.4. The summed E-state index contributed by atoms with van der Waals surface area (Å²) >= 11 is 0. The zero-order chi connectivity index (χ0) is 15.4. The second-order valence-electron chi connectivity index (χ2n) is 4.47. The number of esters is 2. The van der Waals surface area contributed by atoms with Crippen molar-refractivity contribution in [1.82, 2.24) is 0 Å². The highest BCUT2D eigenvalue weighted by Gasteiger charge is 2.08. The second-order valence-corrected chi connectivity index (χ2v) is 4.47. The SMILES string of the molecule is CCC(CC)OC(=O)C=CC=CC(=O)OC(CC)CC. The van der Waals surface area contributed by atoms with E-state index in [1.54, 1.807) is 0 Å². The summed E-state index contributed by atoms with van der Waals surface area (Å²) in [5.41, 5.74) is 0. The first-order chi connectivity index (χ1) is 9.57. The van der Waals surface area contributed by atoms with Gasteiger partial charge in [-0.05, 0) is 25.7 Å². The molecule has 4 heteroatoms. The number of ether oxygens (including phenoxy) is 2. The van der Waals surface area contributed by atoms with Gasteiger partial charge < -0.3 is 9.47 Å². The summed E-state index contributed by atoms with van der Waals surface area (Å²) in [6.07, 6.45) is 8.69. The predicted molar refractivity (Wildman–Crippen MR) is 79.2 cm³/mol.